The minimum Gasteiger partial charge on any atom is -0.469 e. The second kappa shape index (κ2) is 6.67. The van der Waals surface area contributed by atoms with E-state index in [1.165, 1.54) is 24.7 Å². The molecule has 2 saturated carbocycles. The summed E-state index contributed by atoms with van der Waals surface area (Å²) in [6.45, 7) is 14.8. The molecule has 23 heavy (non-hydrogen) atoms. The van der Waals surface area contributed by atoms with Crippen LogP contribution in [0.15, 0.2) is 36.5 Å². The van der Waals surface area contributed by atoms with Crippen LogP contribution in [0.5, 0.6) is 0 Å². The van der Waals surface area contributed by atoms with Crippen LogP contribution in [0.25, 0.3) is 0 Å². The highest BCUT2D eigenvalue weighted by atomic mass is 16.5. The Bertz CT molecular complexity index is 530. The van der Waals surface area contributed by atoms with Crippen LogP contribution in [0.2, 0.25) is 0 Å². The molecule has 0 amide bonds. The van der Waals surface area contributed by atoms with E-state index >= 15 is 0 Å². The van der Waals surface area contributed by atoms with E-state index in [1.807, 2.05) is 6.08 Å². The van der Waals surface area contributed by atoms with E-state index in [9.17, 15) is 4.79 Å². The quantitative estimate of drug-likeness (QED) is 0.391. The van der Waals surface area contributed by atoms with E-state index in [0.717, 1.165) is 32.1 Å². The molecule has 0 radical (unpaired) electrons. The third-order valence-corrected chi connectivity index (χ3v) is 6.67. The van der Waals surface area contributed by atoms with Gasteiger partial charge in [-0.15, -0.1) is 0 Å². The van der Waals surface area contributed by atoms with Gasteiger partial charge in [-0.3, -0.25) is 4.79 Å². The Hall–Kier alpha value is -1.31. The summed E-state index contributed by atoms with van der Waals surface area (Å²) in [5.74, 6) is 0.794. The third kappa shape index (κ3) is 3.05. The molecule has 0 spiro atoms. The van der Waals surface area contributed by atoms with Gasteiger partial charge in [0.15, 0.2) is 0 Å². The lowest BCUT2D eigenvalue weighted by atomic mass is 9.46. The Morgan fingerprint density at radius 1 is 1.39 bits per heavy atom. The van der Waals surface area contributed by atoms with Crippen molar-refractivity contribution in [2.45, 2.75) is 59.3 Å². The molecule has 4 atom stereocenters. The van der Waals surface area contributed by atoms with Crippen molar-refractivity contribution in [3.8, 4) is 0 Å². The van der Waals surface area contributed by atoms with Crippen LogP contribution in [0.4, 0.5) is 0 Å². The number of methoxy groups -OCH3 is 1. The molecule has 0 aromatic rings. The molecule has 2 aliphatic carbocycles. The molecule has 2 aliphatic rings. The van der Waals surface area contributed by atoms with E-state index in [2.05, 4.69) is 40.0 Å². The topological polar surface area (TPSA) is 26.3 Å². The van der Waals surface area contributed by atoms with Crippen molar-refractivity contribution >= 4 is 5.97 Å². The number of allylic oxidation sites excluding steroid dienone is 4. The minimum absolute atomic E-state index is 0.0301. The van der Waals surface area contributed by atoms with Gasteiger partial charge in [-0.2, -0.15) is 0 Å². The van der Waals surface area contributed by atoms with Gasteiger partial charge in [-0.25, -0.2) is 0 Å². The Morgan fingerprint density at radius 2 is 2.09 bits per heavy atom. The van der Waals surface area contributed by atoms with Crippen molar-refractivity contribution in [2.75, 3.05) is 7.11 Å². The maximum Gasteiger partial charge on any atom is 0.311 e. The summed E-state index contributed by atoms with van der Waals surface area (Å²) in [7, 11) is 1.52. The summed E-state index contributed by atoms with van der Waals surface area (Å²) in [5, 5.41) is 0. The van der Waals surface area contributed by atoms with Crippen LogP contribution >= 0.6 is 0 Å². The lowest BCUT2D eigenvalue weighted by molar-refractivity contribution is -0.167. The third-order valence-electron chi connectivity index (χ3n) is 6.67. The van der Waals surface area contributed by atoms with E-state index < -0.39 is 0 Å². The highest BCUT2D eigenvalue weighted by molar-refractivity contribution is 5.77. The van der Waals surface area contributed by atoms with Gasteiger partial charge in [0.05, 0.1) is 12.5 Å². The molecular weight excluding hydrogens is 284 g/mol. The molecule has 0 aromatic heterocycles. The van der Waals surface area contributed by atoms with Gasteiger partial charge in [-0.05, 0) is 63.2 Å². The van der Waals surface area contributed by atoms with Crippen LogP contribution < -0.4 is 0 Å². The average Bonchev–Trinajstić information content (AvgIpc) is 2.52. The molecule has 4 unspecified atom stereocenters. The first-order valence-corrected chi connectivity index (χ1v) is 8.85. The fourth-order valence-electron chi connectivity index (χ4n) is 5.25. The summed E-state index contributed by atoms with van der Waals surface area (Å²) in [6.07, 6.45) is 10.5. The zero-order valence-electron chi connectivity index (χ0n) is 15.3. The fourth-order valence-corrected chi connectivity index (χ4v) is 5.25. The van der Waals surface area contributed by atoms with Gasteiger partial charge in [-0.1, -0.05) is 49.8 Å². The van der Waals surface area contributed by atoms with Crippen LogP contribution in [0, 0.1) is 22.7 Å². The first-order chi connectivity index (χ1) is 10.8. The molecule has 0 N–H and O–H groups in total. The Kier molecular flexibility index (Phi) is 5.23. The number of fused-ring (bicyclic) bond motifs is 1. The van der Waals surface area contributed by atoms with E-state index in [4.69, 9.17) is 4.74 Å². The van der Waals surface area contributed by atoms with Crippen LogP contribution in [-0.4, -0.2) is 13.1 Å². The monoisotopic (exact) mass is 316 g/mol. The summed E-state index contributed by atoms with van der Waals surface area (Å²) < 4.78 is 5.18. The highest BCUT2D eigenvalue weighted by Crippen LogP contribution is 2.62. The maximum absolute atomic E-state index is 12.5. The second-order valence-corrected chi connectivity index (χ2v) is 7.96. The van der Waals surface area contributed by atoms with Gasteiger partial charge in [0, 0.05) is 0 Å². The molecule has 0 bridgehead atoms. The smallest absolute Gasteiger partial charge is 0.311 e. The van der Waals surface area contributed by atoms with Crippen molar-refractivity contribution in [3.05, 3.63) is 36.5 Å². The van der Waals surface area contributed by atoms with Crippen molar-refractivity contribution in [2.24, 2.45) is 22.7 Å². The zero-order valence-corrected chi connectivity index (χ0v) is 15.3. The summed E-state index contributed by atoms with van der Waals surface area (Å²) in [6, 6.07) is 0. The number of carbonyl (C=O) groups is 1. The molecule has 0 saturated heterocycles. The SMILES string of the molecule is C=C/C(C)=C/CC1C(=C)CCC2C(C)(C(=O)OC)CCCC12C. The number of carbonyl (C=O) groups excluding carboxylic acids is 1. The fraction of sp³-hybridized carbons (Fsp3) is 0.667. The molecule has 2 heteroatoms. The van der Waals surface area contributed by atoms with E-state index in [0.29, 0.717) is 11.8 Å². The molecule has 2 nitrogen and oxygen atoms in total. The van der Waals surface area contributed by atoms with E-state index in [-0.39, 0.29) is 16.8 Å². The summed E-state index contributed by atoms with van der Waals surface area (Å²) in [5.41, 5.74) is 2.35. The number of hydrogen-bond acceptors (Lipinski definition) is 2. The van der Waals surface area contributed by atoms with Crippen LogP contribution in [-0.2, 0) is 9.53 Å². The number of rotatable bonds is 4. The summed E-state index contributed by atoms with van der Waals surface area (Å²) >= 11 is 0. The van der Waals surface area contributed by atoms with Crippen LogP contribution in [0.1, 0.15) is 59.3 Å². The first kappa shape index (κ1) is 18.0. The van der Waals surface area contributed by atoms with Crippen molar-refractivity contribution in [3.63, 3.8) is 0 Å². The molecule has 0 heterocycles. The predicted octanol–water partition coefficient (Wildman–Crippen LogP) is 5.46. The van der Waals surface area contributed by atoms with Crippen molar-refractivity contribution < 1.29 is 9.53 Å². The Labute approximate surface area is 141 Å². The van der Waals surface area contributed by atoms with Crippen molar-refractivity contribution in [1.82, 2.24) is 0 Å². The largest absolute Gasteiger partial charge is 0.469 e. The molecule has 128 valence electrons. The zero-order chi connectivity index (χ0) is 17.3. The molecule has 2 rings (SSSR count). The lowest BCUT2D eigenvalue weighted by Gasteiger charge is -2.57. The standard InChI is InChI=1S/C21H32O2/c1-7-15(2)9-11-17-16(3)10-12-18-20(17,4)13-8-14-21(18,5)19(22)23-6/h7,9,17-18H,1,3,8,10-14H2,2,4-6H3/b15-9+. The first-order valence-electron chi connectivity index (χ1n) is 8.85. The summed E-state index contributed by atoms with van der Waals surface area (Å²) in [4.78, 5) is 12.5. The molecular formula is C21H32O2. The average molecular weight is 316 g/mol. The molecule has 0 aliphatic heterocycles. The maximum atomic E-state index is 12.5. The van der Waals surface area contributed by atoms with Gasteiger partial charge < -0.3 is 4.74 Å². The Balaban J connectivity index is 2.36. The lowest BCUT2D eigenvalue weighted by Crippen LogP contribution is -2.53. The van der Waals surface area contributed by atoms with Crippen LogP contribution in [0.3, 0.4) is 0 Å². The normalized spacial score (nSPS) is 37.9. The van der Waals surface area contributed by atoms with Gasteiger partial charge in [0.1, 0.15) is 0 Å². The minimum atomic E-state index is -0.349. The predicted molar refractivity (Wildman–Crippen MR) is 96.0 cm³/mol. The number of esters is 1. The van der Waals surface area contributed by atoms with E-state index in [1.54, 1.807) is 0 Å². The van der Waals surface area contributed by atoms with Gasteiger partial charge in [0.25, 0.3) is 0 Å². The molecule has 2 fully saturated rings. The van der Waals surface area contributed by atoms with Crippen molar-refractivity contribution in [1.29, 1.82) is 0 Å². The Morgan fingerprint density at radius 3 is 2.70 bits per heavy atom. The highest BCUT2D eigenvalue weighted by Gasteiger charge is 2.57. The number of hydrogen-bond donors (Lipinski definition) is 0. The molecule has 0 aromatic carbocycles. The van der Waals surface area contributed by atoms with Gasteiger partial charge >= 0.3 is 5.97 Å². The van der Waals surface area contributed by atoms with Gasteiger partial charge in [0.2, 0.25) is 0 Å². The second-order valence-electron chi connectivity index (χ2n) is 7.96. The number of ether oxygens (including phenoxy) is 1.